The quantitative estimate of drug-likeness (QED) is 0.517. The van der Waals surface area contributed by atoms with Gasteiger partial charge in [-0.1, -0.05) is 0 Å². The molecule has 3 heterocycles. The highest BCUT2D eigenvalue weighted by Gasteiger charge is 2.64. The van der Waals surface area contributed by atoms with E-state index in [-0.39, 0.29) is 21.6 Å². The zero-order chi connectivity index (χ0) is 26.8. The molecule has 17 heteroatoms. The van der Waals surface area contributed by atoms with Crippen LogP contribution in [-0.4, -0.2) is 47.0 Å². The smallest absolute Gasteiger partial charge is 0.332 e. The lowest BCUT2D eigenvalue weighted by molar-refractivity contribution is -0.292. The van der Waals surface area contributed by atoms with Gasteiger partial charge in [-0.15, -0.1) is 0 Å². The van der Waals surface area contributed by atoms with E-state index >= 15 is 0 Å². The summed E-state index contributed by atoms with van der Waals surface area (Å²) < 4.78 is 109. The normalized spacial score (nSPS) is 15.6. The number of alkyl halides is 8. The third-order valence-electron chi connectivity index (χ3n) is 5.48. The molecule has 0 saturated heterocycles. The van der Waals surface area contributed by atoms with Crippen LogP contribution in [0.4, 0.5) is 35.1 Å². The summed E-state index contributed by atoms with van der Waals surface area (Å²) >= 11 is 0. The topological polar surface area (TPSA) is 106 Å². The number of aromatic nitrogens is 6. The molecule has 36 heavy (non-hydrogen) atoms. The maximum atomic E-state index is 13.9. The highest BCUT2D eigenvalue weighted by atomic mass is 19.4. The molecule has 0 aromatic carbocycles. The molecule has 1 aliphatic rings. The van der Waals surface area contributed by atoms with E-state index in [1.54, 1.807) is 0 Å². The van der Waals surface area contributed by atoms with Crippen LogP contribution in [0, 0.1) is 11.3 Å². The summed E-state index contributed by atoms with van der Waals surface area (Å²) in [4.78, 5) is 12.5. The molecule has 0 atom stereocenters. The zero-order valence-electron chi connectivity index (χ0n) is 18.2. The van der Waals surface area contributed by atoms with Gasteiger partial charge in [0.1, 0.15) is 16.8 Å². The molecule has 0 radical (unpaired) electrons. The third-order valence-corrected chi connectivity index (χ3v) is 5.48. The molecule has 0 aliphatic heterocycles. The predicted molar refractivity (Wildman–Crippen MR) is 103 cm³/mol. The minimum atomic E-state index is -6.33. The van der Waals surface area contributed by atoms with E-state index in [1.807, 2.05) is 6.07 Å². The standard InChI is InChI=1S/C19H14F8N8O/c1-33-11(14(36)30-16(8-28)3-4-16)5-10(31-33)9-6-29-35(7-9)15-12(18(22,23)24)13(32-34(15)2)17(20,21)19(25,26)27/h5-7H,3-4H2,1-2H3,(H,30,36). The second-order valence-corrected chi connectivity index (χ2v) is 8.10. The molecule has 0 unspecified atom stereocenters. The van der Waals surface area contributed by atoms with Crippen molar-refractivity contribution in [2.45, 2.75) is 36.7 Å². The summed E-state index contributed by atoms with van der Waals surface area (Å²) in [6, 6.07) is 3.23. The van der Waals surface area contributed by atoms with Gasteiger partial charge in [0, 0.05) is 25.9 Å². The van der Waals surface area contributed by atoms with Crippen LogP contribution in [0.3, 0.4) is 0 Å². The Balaban J connectivity index is 1.74. The van der Waals surface area contributed by atoms with E-state index in [4.69, 9.17) is 5.26 Å². The number of hydrogen-bond donors (Lipinski definition) is 1. The number of aryl methyl sites for hydroxylation is 2. The van der Waals surface area contributed by atoms with Gasteiger partial charge in [0.15, 0.2) is 11.5 Å². The van der Waals surface area contributed by atoms with Crippen LogP contribution < -0.4 is 5.32 Å². The number of amides is 1. The predicted octanol–water partition coefficient (Wildman–Crippen LogP) is 3.47. The molecule has 1 amide bonds. The van der Waals surface area contributed by atoms with Crippen LogP contribution in [-0.2, 0) is 26.2 Å². The number of halogens is 8. The SMILES string of the molecule is Cn1nc(-c2cnn(-c3c(C(F)(F)F)c(C(F)(F)C(F)(F)F)nn3C)c2)cc1C(=O)NC1(C#N)CC1. The molecule has 4 rings (SSSR count). The fraction of sp³-hybridized carbons (Fsp3) is 0.421. The van der Waals surface area contributed by atoms with Crippen molar-refractivity contribution in [1.82, 2.24) is 34.7 Å². The van der Waals surface area contributed by atoms with Crippen molar-refractivity contribution in [3.63, 3.8) is 0 Å². The van der Waals surface area contributed by atoms with Crippen LogP contribution in [0.5, 0.6) is 0 Å². The summed E-state index contributed by atoms with van der Waals surface area (Å²) in [6.45, 7) is 0. The molecule has 9 nitrogen and oxygen atoms in total. The van der Waals surface area contributed by atoms with E-state index in [2.05, 4.69) is 20.6 Å². The lowest BCUT2D eigenvalue weighted by atomic mass is 10.1. The molecule has 1 saturated carbocycles. The fourth-order valence-corrected chi connectivity index (χ4v) is 3.46. The van der Waals surface area contributed by atoms with Crippen LogP contribution in [0.1, 0.15) is 34.6 Å². The Hall–Kier alpha value is -3.97. The first-order valence-electron chi connectivity index (χ1n) is 9.93. The number of rotatable bonds is 5. The number of nitrogens with zero attached hydrogens (tertiary/aromatic N) is 7. The Morgan fingerprint density at radius 3 is 2.25 bits per heavy atom. The molecule has 3 aromatic heterocycles. The van der Waals surface area contributed by atoms with Gasteiger partial charge < -0.3 is 5.32 Å². The average Bonchev–Trinajstić information content (AvgIpc) is 3.08. The zero-order valence-corrected chi connectivity index (χ0v) is 18.2. The summed E-state index contributed by atoms with van der Waals surface area (Å²) in [5.41, 5.74) is -5.75. The van der Waals surface area contributed by atoms with Crippen molar-refractivity contribution < 1.29 is 39.9 Å². The molecule has 1 N–H and O–H groups in total. The molecule has 192 valence electrons. The van der Waals surface area contributed by atoms with Gasteiger partial charge in [-0.05, 0) is 18.9 Å². The highest BCUT2D eigenvalue weighted by Crippen LogP contribution is 2.49. The van der Waals surface area contributed by atoms with Crippen LogP contribution >= 0.6 is 0 Å². The van der Waals surface area contributed by atoms with E-state index in [0.29, 0.717) is 17.5 Å². The maximum absolute atomic E-state index is 13.9. The Morgan fingerprint density at radius 1 is 1.08 bits per heavy atom. The lowest BCUT2D eigenvalue weighted by Crippen LogP contribution is -2.36. The lowest BCUT2D eigenvalue weighted by Gasteiger charge is -2.19. The van der Waals surface area contributed by atoms with Gasteiger partial charge >= 0.3 is 18.3 Å². The second kappa shape index (κ2) is 7.77. The van der Waals surface area contributed by atoms with Crippen LogP contribution in [0.25, 0.3) is 17.1 Å². The molecule has 1 fully saturated rings. The van der Waals surface area contributed by atoms with Crippen molar-refractivity contribution in [1.29, 1.82) is 5.26 Å². The van der Waals surface area contributed by atoms with Crippen molar-refractivity contribution in [2.75, 3.05) is 0 Å². The minimum Gasteiger partial charge on any atom is -0.332 e. The van der Waals surface area contributed by atoms with Gasteiger partial charge in [0.2, 0.25) is 0 Å². The Bertz CT molecular complexity index is 1380. The first kappa shape index (κ1) is 25.1. The molecule has 1 aliphatic carbocycles. The maximum Gasteiger partial charge on any atom is 0.459 e. The summed E-state index contributed by atoms with van der Waals surface area (Å²) in [6.07, 6.45) is -9.15. The second-order valence-electron chi connectivity index (χ2n) is 8.10. The van der Waals surface area contributed by atoms with E-state index in [1.165, 1.54) is 13.1 Å². The first-order valence-corrected chi connectivity index (χ1v) is 9.93. The molecule has 0 bridgehead atoms. The first-order chi connectivity index (χ1) is 16.5. The fourth-order valence-electron chi connectivity index (χ4n) is 3.46. The Kier molecular flexibility index (Phi) is 5.42. The molecular formula is C19H14F8N8O. The van der Waals surface area contributed by atoms with Gasteiger partial charge in [-0.25, -0.2) is 9.36 Å². The highest BCUT2D eigenvalue weighted by molar-refractivity contribution is 5.94. The monoisotopic (exact) mass is 522 g/mol. The summed E-state index contributed by atoms with van der Waals surface area (Å²) in [7, 11) is 2.15. The van der Waals surface area contributed by atoms with E-state index < -0.39 is 46.8 Å². The van der Waals surface area contributed by atoms with Gasteiger partial charge in [-0.3, -0.25) is 9.48 Å². The summed E-state index contributed by atoms with van der Waals surface area (Å²) in [5.74, 6) is -7.71. The number of nitrogens with one attached hydrogen (secondary N) is 1. The van der Waals surface area contributed by atoms with E-state index in [9.17, 15) is 39.9 Å². The number of carbonyl (C=O) groups excluding carboxylic acids is 1. The van der Waals surface area contributed by atoms with Gasteiger partial charge in [-0.2, -0.15) is 55.7 Å². The van der Waals surface area contributed by atoms with Crippen molar-refractivity contribution in [3.8, 4) is 23.1 Å². The van der Waals surface area contributed by atoms with Crippen molar-refractivity contribution in [2.24, 2.45) is 14.1 Å². The third kappa shape index (κ3) is 4.05. The number of carbonyl (C=O) groups is 1. The van der Waals surface area contributed by atoms with Crippen LogP contribution in [0.15, 0.2) is 18.5 Å². The van der Waals surface area contributed by atoms with E-state index in [0.717, 1.165) is 24.1 Å². The molecule has 3 aromatic rings. The average molecular weight is 522 g/mol. The van der Waals surface area contributed by atoms with Crippen LogP contribution in [0.2, 0.25) is 0 Å². The van der Waals surface area contributed by atoms with Crippen molar-refractivity contribution >= 4 is 5.91 Å². The van der Waals surface area contributed by atoms with Crippen molar-refractivity contribution in [3.05, 3.63) is 35.4 Å². The number of nitriles is 1. The largest absolute Gasteiger partial charge is 0.459 e. The number of hydrogen-bond acceptors (Lipinski definition) is 5. The Labute approximate surface area is 195 Å². The molecule has 0 spiro atoms. The van der Waals surface area contributed by atoms with Gasteiger partial charge in [0.05, 0.1) is 18.0 Å². The molecular weight excluding hydrogens is 508 g/mol. The minimum absolute atomic E-state index is 0.00268. The summed E-state index contributed by atoms with van der Waals surface area (Å²) in [5, 5.41) is 22.2. The van der Waals surface area contributed by atoms with Gasteiger partial charge in [0.25, 0.3) is 5.91 Å². The Morgan fingerprint density at radius 2 is 1.72 bits per heavy atom.